The first-order chi connectivity index (χ1) is 10.1. The number of hydrogen-bond donors (Lipinski definition) is 0. The highest BCUT2D eigenvalue weighted by Gasteiger charge is 2.35. The van der Waals surface area contributed by atoms with Gasteiger partial charge < -0.3 is 4.90 Å². The van der Waals surface area contributed by atoms with Crippen molar-refractivity contribution in [2.24, 2.45) is 23.7 Å². The summed E-state index contributed by atoms with van der Waals surface area (Å²) in [7, 11) is 0. The fourth-order valence-corrected chi connectivity index (χ4v) is 3.40. The SMILES string of the molecule is CC1=CC(C)C(/C=C/CN(CC2CC2)C(=O)C2CC2)CC1. The molecule has 1 amide bonds. The van der Waals surface area contributed by atoms with Gasteiger partial charge >= 0.3 is 0 Å². The van der Waals surface area contributed by atoms with E-state index in [9.17, 15) is 4.79 Å². The van der Waals surface area contributed by atoms with Crippen LogP contribution in [0.3, 0.4) is 0 Å². The minimum Gasteiger partial charge on any atom is -0.338 e. The van der Waals surface area contributed by atoms with Crippen LogP contribution in [0.15, 0.2) is 23.8 Å². The van der Waals surface area contributed by atoms with Gasteiger partial charge in [0.05, 0.1) is 0 Å². The van der Waals surface area contributed by atoms with Gasteiger partial charge in [0.1, 0.15) is 0 Å². The molecule has 0 aromatic heterocycles. The van der Waals surface area contributed by atoms with Crippen LogP contribution in [0.2, 0.25) is 0 Å². The van der Waals surface area contributed by atoms with E-state index in [0.29, 0.717) is 23.7 Å². The molecular formula is C19H29NO. The molecule has 0 bridgehead atoms. The van der Waals surface area contributed by atoms with Crippen LogP contribution in [0.25, 0.3) is 0 Å². The van der Waals surface area contributed by atoms with Gasteiger partial charge in [-0.15, -0.1) is 0 Å². The third-order valence-corrected chi connectivity index (χ3v) is 5.22. The Hall–Kier alpha value is -1.05. The Labute approximate surface area is 129 Å². The number of amides is 1. The summed E-state index contributed by atoms with van der Waals surface area (Å²) in [6, 6.07) is 0. The smallest absolute Gasteiger partial charge is 0.225 e. The van der Waals surface area contributed by atoms with E-state index in [4.69, 9.17) is 0 Å². The average Bonchev–Trinajstić information content (AvgIpc) is 3.33. The summed E-state index contributed by atoms with van der Waals surface area (Å²) in [6.45, 7) is 6.38. The first-order valence-electron chi connectivity index (χ1n) is 8.76. The van der Waals surface area contributed by atoms with Crippen molar-refractivity contribution in [3.05, 3.63) is 23.8 Å². The standard InChI is InChI=1S/C19H29NO/c1-14-5-8-17(15(2)12-14)4-3-11-20(13-16-6-7-16)19(21)18-9-10-18/h3-4,12,15-18H,5-11,13H2,1-2H3/b4-3+. The second-order valence-corrected chi connectivity index (χ2v) is 7.46. The first kappa shape index (κ1) is 14.9. The van der Waals surface area contributed by atoms with Crippen molar-refractivity contribution in [2.75, 3.05) is 13.1 Å². The van der Waals surface area contributed by atoms with E-state index in [0.717, 1.165) is 31.8 Å². The molecule has 2 atom stereocenters. The largest absolute Gasteiger partial charge is 0.338 e. The van der Waals surface area contributed by atoms with E-state index in [1.165, 1.54) is 31.3 Å². The summed E-state index contributed by atoms with van der Waals surface area (Å²) in [5, 5.41) is 0. The summed E-state index contributed by atoms with van der Waals surface area (Å²) in [4.78, 5) is 14.5. The molecule has 21 heavy (non-hydrogen) atoms. The minimum atomic E-state index is 0.358. The fraction of sp³-hybridized carbons (Fsp3) is 0.737. The van der Waals surface area contributed by atoms with Gasteiger partial charge in [0.2, 0.25) is 5.91 Å². The molecule has 0 aromatic rings. The van der Waals surface area contributed by atoms with Crippen molar-refractivity contribution in [2.45, 2.75) is 52.4 Å². The van der Waals surface area contributed by atoms with E-state index >= 15 is 0 Å². The van der Waals surface area contributed by atoms with Crippen LogP contribution in [0.1, 0.15) is 52.4 Å². The van der Waals surface area contributed by atoms with Crippen LogP contribution < -0.4 is 0 Å². The Morgan fingerprint density at radius 1 is 1.29 bits per heavy atom. The van der Waals surface area contributed by atoms with Crippen molar-refractivity contribution >= 4 is 5.91 Å². The first-order valence-corrected chi connectivity index (χ1v) is 8.76. The Balaban J connectivity index is 1.53. The number of nitrogens with zero attached hydrogens (tertiary/aromatic N) is 1. The van der Waals surface area contributed by atoms with Gasteiger partial charge in [-0.1, -0.05) is 30.7 Å². The predicted molar refractivity (Wildman–Crippen MR) is 86.8 cm³/mol. The molecule has 2 fully saturated rings. The fourth-order valence-electron chi connectivity index (χ4n) is 3.40. The van der Waals surface area contributed by atoms with Gasteiger partial charge in [0.25, 0.3) is 0 Å². The van der Waals surface area contributed by atoms with E-state index < -0.39 is 0 Å². The molecule has 0 heterocycles. The number of hydrogen-bond acceptors (Lipinski definition) is 1. The number of allylic oxidation sites excluding steroid dienone is 3. The molecular weight excluding hydrogens is 258 g/mol. The van der Waals surface area contributed by atoms with Gasteiger partial charge in [-0.2, -0.15) is 0 Å². The Kier molecular flexibility index (Phi) is 4.51. The maximum absolute atomic E-state index is 12.3. The lowest BCUT2D eigenvalue weighted by Crippen LogP contribution is -2.34. The van der Waals surface area contributed by atoms with Crippen molar-refractivity contribution < 1.29 is 4.79 Å². The average molecular weight is 287 g/mol. The third kappa shape index (κ3) is 4.21. The number of carbonyl (C=O) groups excluding carboxylic acids is 1. The molecule has 0 spiro atoms. The number of rotatable bonds is 6. The molecule has 3 rings (SSSR count). The molecule has 3 aliphatic carbocycles. The third-order valence-electron chi connectivity index (χ3n) is 5.22. The van der Waals surface area contributed by atoms with Gasteiger partial charge in [-0.05, 0) is 63.2 Å². The molecule has 2 heteroatoms. The van der Waals surface area contributed by atoms with E-state index in [1.807, 2.05) is 0 Å². The zero-order valence-electron chi connectivity index (χ0n) is 13.6. The van der Waals surface area contributed by atoms with Crippen LogP contribution in [0.5, 0.6) is 0 Å². The molecule has 0 aliphatic heterocycles. The monoisotopic (exact) mass is 287 g/mol. The molecule has 2 nitrogen and oxygen atoms in total. The maximum Gasteiger partial charge on any atom is 0.225 e. The van der Waals surface area contributed by atoms with Crippen LogP contribution in [0, 0.1) is 23.7 Å². The highest BCUT2D eigenvalue weighted by molar-refractivity contribution is 5.81. The lowest BCUT2D eigenvalue weighted by molar-refractivity contribution is -0.132. The van der Waals surface area contributed by atoms with Crippen molar-refractivity contribution in [1.29, 1.82) is 0 Å². The Morgan fingerprint density at radius 3 is 2.67 bits per heavy atom. The van der Waals surface area contributed by atoms with Gasteiger partial charge in [0.15, 0.2) is 0 Å². The topological polar surface area (TPSA) is 20.3 Å². The van der Waals surface area contributed by atoms with Gasteiger partial charge in [-0.25, -0.2) is 0 Å². The Morgan fingerprint density at radius 2 is 2.05 bits per heavy atom. The summed E-state index contributed by atoms with van der Waals surface area (Å²) >= 11 is 0. The molecule has 0 N–H and O–H groups in total. The zero-order valence-corrected chi connectivity index (χ0v) is 13.6. The second kappa shape index (κ2) is 6.37. The predicted octanol–water partition coefficient (Wildman–Crippen LogP) is 4.18. The van der Waals surface area contributed by atoms with E-state index in [2.05, 4.69) is 37.0 Å². The quantitative estimate of drug-likeness (QED) is 0.671. The van der Waals surface area contributed by atoms with Crippen LogP contribution in [0.4, 0.5) is 0 Å². The second-order valence-electron chi connectivity index (χ2n) is 7.46. The molecule has 2 saturated carbocycles. The highest BCUT2D eigenvalue weighted by atomic mass is 16.2. The minimum absolute atomic E-state index is 0.358. The van der Waals surface area contributed by atoms with Crippen molar-refractivity contribution in [1.82, 2.24) is 4.90 Å². The van der Waals surface area contributed by atoms with Gasteiger partial charge in [-0.3, -0.25) is 4.79 Å². The lowest BCUT2D eigenvalue weighted by atomic mass is 9.82. The zero-order chi connectivity index (χ0) is 14.8. The Bertz CT molecular complexity index is 442. The molecule has 0 saturated heterocycles. The normalized spacial score (nSPS) is 29.5. The van der Waals surface area contributed by atoms with Crippen molar-refractivity contribution in [3.63, 3.8) is 0 Å². The lowest BCUT2D eigenvalue weighted by Gasteiger charge is -2.25. The van der Waals surface area contributed by atoms with E-state index in [1.54, 1.807) is 0 Å². The molecule has 116 valence electrons. The van der Waals surface area contributed by atoms with Crippen LogP contribution >= 0.6 is 0 Å². The van der Waals surface area contributed by atoms with Gasteiger partial charge in [0, 0.05) is 19.0 Å². The summed E-state index contributed by atoms with van der Waals surface area (Å²) in [6.07, 6.45) is 14.4. The van der Waals surface area contributed by atoms with Crippen LogP contribution in [-0.4, -0.2) is 23.9 Å². The van der Waals surface area contributed by atoms with E-state index in [-0.39, 0.29) is 0 Å². The number of carbonyl (C=O) groups is 1. The summed E-state index contributed by atoms with van der Waals surface area (Å²) < 4.78 is 0. The molecule has 0 radical (unpaired) electrons. The van der Waals surface area contributed by atoms with Crippen molar-refractivity contribution in [3.8, 4) is 0 Å². The maximum atomic E-state index is 12.3. The summed E-state index contributed by atoms with van der Waals surface area (Å²) in [5.74, 6) is 2.87. The summed E-state index contributed by atoms with van der Waals surface area (Å²) in [5.41, 5.74) is 1.53. The highest BCUT2D eigenvalue weighted by Crippen LogP contribution is 2.34. The van der Waals surface area contributed by atoms with Crippen LogP contribution in [-0.2, 0) is 4.79 Å². The molecule has 3 aliphatic rings. The molecule has 0 aromatic carbocycles. The molecule has 2 unspecified atom stereocenters.